The molecular weight excluding hydrogens is 414 g/mol. The number of methoxy groups -OCH3 is 2. The molecule has 0 spiro atoms. The highest BCUT2D eigenvalue weighted by atomic mass is 16.5. The molecule has 5 nitrogen and oxygen atoms in total. The summed E-state index contributed by atoms with van der Waals surface area (Å²) in [5.74, 6) is 1.09. The Hall–Kier alpha value is -3.73. The molecule has 1 aliphatic heterocycles. The van der Waals surface area contributed by atoms with Crippen LogP contribution < -0.4 is 9.47 Å². The molecular formula is C28H29NO4. The van der Waals surface area contributed by atoms with E-state index in [0.717, 1.165) is 16.7 Å². The van der Waals surface area contributed by atoms with Crippen molar-refractivity contribution >= 4 is 11.5 Å². The second kappa shape index (κ2) is 9.41. The molecule has 1 unspecified atom stereocenters. The molecule has 3 aromatic carbocycles. The van der Waals surface area contributed by atoms with Crippen LogP contribution in [0.25, 0.3) is 5.57 Å². The largest absolute Gasteiger partial charge is 0.503 e. The van der Waals surface area contributed by atoms with Crippen molar-refractivity contribution < 1.29 is 19.4 Å². The average Bonchev–Trinajstić information content (AvgIpc) is 3.09. The Balaban J connectivity index is 1.80. The summed E-state index contributed by atoms with van der Waals surface area (Å²) in [7, 11) is 3.20. The minimum Gasteiger partial charge on any atom is -0.503 e. The molecule has 1 heterocycles. The zero-order valence-electron chi connectivity index (χ0n) is 19.4. The number of benzene rings is 3. The van der Waals surface area contributed by atoms with E-state index in [0.29, 0.717) is 23.0 Å². The summed E-state index contributed by atoms with van der Waals surface area (Å²) in [5.41, 5.74) is 4.44. The molecule has 0 fully saturated rings. The number of hydrogen-bond donors (Lipinski definition) is 1. The molecule has 0 aromatic heterocycles. The van der Waals surface area contributed by atoms with Crippen LogP contribution >= 0.6 is 0 Å². The molecule has 3 aromatic rings. The lowest BCUT2D eigenvalue weighted by Crippen LogP contribution is -2.30. The third-order valence-electron chi connectivity index (χ3n) is 6.14. The van der Waals surface area contributed by atoms with Crippen LogP contribution in [-0.2, 0) is 11.3 Å². The smallest absolute Gasteiger partial charge is 0.290 e. The Kier molecular flexibility index (Phi) is 6.40. The fourth-order valence-corrected chi connectivity index (χ4v) is 4.31. The van der Waals surface area contributed by atoms with E-state index >= 15 is 0 Å². The molecule has 0 saturated heterocycles. The maximum atomic E-state index is 13.3. The van der Waals surface area contributed by atoms with Crippen molar-refractivity contribution in [3.8, 4) is 11.5 Å². The highest BCUT2D eigenvalue weighted by Crippen LogP contribution is 2.44. The van der Waals surface area contributed by atoms with Crippen LogP contribution in [0.15, 0.2) is 78.6 Å². The Morgan fingerprint density at radius 3 is 2.24 bits per heavy atom. The highest BCUT2D eigenvalue weighted by molar-refractivity contribution is 6.05. The van der Waals surface area contributed by atoms with Crippen molar-refractivity contribution in [2.24, 2.45) is 0 Å². The first kappa shape index (κ1) is 22.5. The van der Waals surface area contributed by atoms with Crippen LogP contribution in [0, 0.1) is 0 Å². The predicted octanol–water partition coefficient (Wildman–Crippen LogP) is 5.88. The van der Waals surface area contributed by atoms with Gasteiger partial charge in [0.2, 0.25) is 0 Å². The summed E-state index contributed by atoms with van der Waals surface area (Å²) in [5, 5.41) is 11.0. The van der Waals surface area contributed by atoms with Crippen LogP contribution in [0.5, 0.6) is 11.5 Å². The minimum atomic E-state index is -0.423. The molecule has 0 aliphatic carbocycles. The number of carbonyl (C=O) groups excluding carboxylic acids is 1. The van der Waals surface area contributed by atoms with E-state index in [4.69, 9.17) is 9.47 Å². The van der Waals surface area contributed by atoms with Crippen LogP contribution in [0.4, 0.5) is 0 Å². The number of nitrogens with zero attached hydrogens (tertiary/aromatic N) is 1. The number of rotatable bonds is 7. The average molecular weight is 444 g/mol. The first-order chi connectivity index (χ1) is 15.9. The summed E-state index contributed by atoms with van der Waals surface area (Å²) in [6.07, 6.45) is 0. The summed E-state index contributed by atoms with van der Waals surface area (Å²) in [6.45, 7) is 4.58. The zero-order valence-corrected chi connectivity index (χ0v) is 19.4. The minimum absolute atomic E-state index is 0.216. The Bertz CT molecular complexity index is 1170. The molecule has 0 saturated carbocycles. The molecule has 0 radical (unpaired) electrons. The third kappa shape index (κ3) is 4.31. The standard InChI is InChI=1S/C28H29NO4/c1-18(2)19-10-12-21(13-11-19)26-25(20-8-6-5-7-9-20)27(30)28(31)29(26)17-22-14-15-23(32-3)16-24(22)33-4/h5-16,18,26,30H,17H2,1-4H3. The van der Waals surface area contributed by atoms with Gasteiger partial charge in [-0.15, -0.1) is 0 Å². The van der Waals surface area contributed by atoms with E-state index in [1.54, 1.807) is 25.2 Å². The fraction of sp³-hybridized carbons (Fsp3) is 0.250. The topological polar surface area (TPSA) is 59.0 Å². The van der Waals surface area contributed by atoms with Gasteiger partial charge >= 0.3 is 0 Å². The van der Waals surface area contributed by atoms with E-state index in [1.165, 1.54) is 5.56 Å². The monoisotopic (exact) mass is 443 g/mol. The van der Waals surface area contributed by atoms with Gasteiger partial charge in [-0.25, -0.2) is 0 Å². The van der Waals surface area contributed by atoms with Gasteiger partial charge in [0, 0.05) is 17.2 Å². The van der Waals surface area contributed by atoms with Gasteiger partial charge in [-0.2, -0.15) is 0 Å². The normalized spacial score (nSPS) is 16.0. The number of amides is 1. The van der Waals surface area contributed by atoms with E-state index in [9.17, 15) is 9.90 Å². The fourth-order valence-electron chi connectivity index (χ4n) is 4.31. The number of ether oxygens (including phenoxy) is 2. The molecule has 4 rings (SSSR count). The van der Waals surface area contributed by atoms with Gasteiger partial charge < -0.3 is 19.5 Å². The number of aliphatic hydroxyl groups excluding tert-OH is 1. The van der Waals surface area contributed by atoms with E-state index in [2.05, 4.69) is 26.0 Å². The Morgan fingerprint density at radius 2 is 1.64 bits per heavy atom. The molecule has 170 valence electrons. The summed E-state index contributed by atoms with van der Waals surface area (Å²) in [4.78, 5) is 15.0. The zero-order chi connectivity index (χ0) is 23.5. The van der Waals surface area contributed by atoms with Crippen LogP contribution in [0.2, 0.25) is 0 Å². The lowest BCUT2D eigenvalue weighted by atomic mass is 9.91. The Morgan fingerprint density at radius 1 is 0.939 bits per heavy atom. The lowest BCUT2D eigenvalue weighted by molar-refractivity contribution is -0.130. The third-order valence-corrected chi connectivity index (χ3v) is 6.14. The Labute approximate surface area is 194 Å². The van der Waals surface area contributed by atoms with E-state index in [-0.39, 0.29) is 12.3 Å². The summed E-state index contributed by atoms with van der Waals surface area (Å²) < 4.78 is 10.9. The predicted molar refractivity (Wildman–Crippen MR) is 129 cm³/mol. The van der Waals surface area contributed by atoms with Gasteiger partial charge in [0.15, 0.2) is 5.76 Å². The number of carbonyl (C=O) groups is 1. The number of hydrogen-bond acceptors (Lipinski definition) is 4. The van der Waals surface area contributed by atoms with Gasteiger partial charge in [0.25, 0.3) is 5.91 Å². The molecule has 33 heavy (non-hydrogen) atoms. The molecule has 0 bridgehead atoms. The second-order valence-corrected chi connectivity index (χ2v) is 8.46. The van der Waals surface area contributed by atoms with Crippen molar-refractivity contribution in [2.75, 3.05) is 14.2 Å². The van der Waals surface area contributed by atoms with Crippen LogP contribution in [0.3, 0.4) is 0 Å². The van der Waals surface area contributed by atoms with Crippen molar-refractivity contribution in [3.63, 3.8) is 0 Å². The van der Waals surface area contributed by atoms with Crippen LogP contribution in [0.1, 0.15) is 48.1 Å². The van der Waals surface area contributed by atoms with Crippen molar-refractivity contribution in [1.29, 1.82) is 0 Å². The molecule has 1 atom stereocenters. The maximum absolute atomic E-state index is 13.3. The van der Waals surface area contributed by atoms with Gasteiger partial charge in [0.1, 0.15) is 11.5 Å². The highest BCUT2D eigenvalue weighted by Gasteiger charge is 2.41. The second-order valence-electron chi connectivity index (χ2n) is 8.46. The maximum Gasteiger partial charge on any atom is 0.290 e. The molecule has 1 N–H and O–H groups in total. The summed E-state index contributed by atoms with van der Waals surface area (Å²) >= 11 is 0. The van der Waals surface area contributed by atoms with Crippen LogP contribution in [-0.4, -0.2) is 30.1 Å². The van der Waals surface area contributed by atoms with E-state index in [1.807, 2.05) is 54.6 Å². The van der Waals surface area contributed by atoms with Crippen molar-refractivity contribution in [1.82, 2.24) is 4.90 Å². The van der Waals surface area contributed by atoms with Crippen molar-refractivity contribution in [2.45, 2.75) is 32.4 Å². The van der Waals surface area contributed by atoms with Gasteiger partial charge in [-0.3, -0.25) is 4.79 Å². The van der Waals surface area contributed by atoms with Gasteiger partial charge in [0.05, 0.1) is 26.8 Å². The van der Waals surface area contributed by atoms with Gasteiger partial charge in [-0.1, -0.05) is 68.4 Å². The first-order valence-electron chi connectivity index (χ1n) is 11.0. The quantitative estimate of drug-likeness (QED) is 0.495. The van der Waals surface area contributed by atoms with Crippen molar-refractivity contribution in [3.05, 3.63) is 101 Å². The number of aliphatic hydroxyl groups is 1. The molecule has 1 aliphatic rings. The van der Waals surface area contributed by atoms with Gasteiger partial charge in [-0.05, 0) is 34.7 Å². The lowest BCUT2D eigenvalue weighted by Gasteiger charge is -2.28. The SMILES string of the molecule is COc1ccc(CN2C(=O)C(O)=C(c3ccccc3)C2c2ccc(C(C)C)cc2)c(OC)c1. The van der Waals surface area contributed by atoms with E-state index < -0.39 is 11.9 Å². The first-order valence-corrected chi connectivity index (χ1v) is 11.0. The summed E-state index contributed by atoms with van der Waals surface area (Å²) in [6, 6.07) is 23.0. The molecule has 1 amide bonds. The molecule has 5 heteroatoms.